The molecule has 2 aliphatic heterocycles. The van der Waals surface area contributed by atoms with Gasteiger partial charge < -0.3 is 10.1 Å². The van der Waals surface area contributed by atoms with Crippen LogP contribution in [-0.2, 0) is 42.4 Å². The molecule has 2 heterocycles. The molecular weight excluding hydrogens is 466 g/mol. The monoisotopic (exact) mass is 499 g/mol. The van der Waals surface area contributed by atoms with E-state index in [4.69, 9.17) is 4.74 Å². The zero-order chi connectivity index (χ0) is 23.5. The lowest BCUT2D eigenvalue weighted by molar-refractivity contribution is -0.125. The largest absolute Gasteiger partial charge is 0.379 e. The van der Waals surface area contributed by atoms with Gasteiger partial charge >= 0.3 is 0 Å². The summed E-state index contributed by atoms with van der Waals surface area (Å²) >= 11 is 0. The zero-order valence-corrected chi connectivity index (χ0v) is 20.5. The summed E-state index contributed by atoms with van der Waals surface area (Å²) in [6.45, 7) is 2.07. The molecule has 1 aromatic rings. The lowest BCUT2D eigenvalue weighted by Gasteiger charge is -2.31. The zero-order valence-electron chi connectivity index (χ0n) is 18.9. The molecule has 0 spiro atoms. The fraction of sp³-hybridized carbons (Fsp3) is 0.682. The first-order chi connectivity index (χ1) is 15.8. The van der Waals surface area contributed by atoms with Crippen molar-refractivity contribution in [3.63, 3.8) is 0 Å². The van der Waals surface area contributed by atoms with Crippen LogP contribution in [0, 0.1) is 5.92 Å². The molecule has 2 saturated heterocycles. The van der Waals surface area contributed by atoms with E-state index in [9.17, 15) is 21.6 Å². The maximum Gasteiger partial charge on any atom is 0.243 e. The third-order valence-electron chi connectivity index (χ3n) is 6.81. The van der Waals surface area contributed by atoms with Crippen molar-refractivity contribution >= 4 is 26.0 Å². The predicted octanol–water partition coefficient (Wildman–Crippen LogP) is 0.744. The summed E-state index contributed by atoms with van der Waals surface area (Å²) in [5.74, 6) is -0.673. The number of carbonyl (C=O) groups is 1. The molecule has 9 nitrogen and oxygen atoms in total. The van der Waals surface area contributed by atoms with Gasteiger partial charge in [-0.2, -0.15) is 8.61 Å². The number of amides is 1. The van der Waals surface area contributed by atoms with E-state index in [1.807, 2.05) is 12.1 Å². The summed E-state index contributed by atoms with van der Waals surface area (Å²) in [6, 6.07) is 5.46. The fourth-order valence-corrected chi connectivity index (χ4v) is 7.62. The van der Waals surface area contributed by atoms with Crippen LogP contribution in [0.5, 0.6) is 0 Å². The number of piperidine rings is 1. The average molecular weight is 500 g/mol. The van der Waals surface area contributed by atoms with E-state index in [0.717, 1.165) is 31.2 Å². The first-order valence-electron chi connectivity index (χ1n) is 11.7. The summed E-state index contributed by atoms with van der Waals surface area (Å²) in [7, 11) is -7.01. The Labute approximate surface area is 196 Å². The number of aryl methyl sites for hydroxylation is 2. The van der Waals surface area contributed by atoms with Gasteiger partial charge in [-0.15, -0.1) is 0 Å². The highest BCUT2D eigenvalue weighted by molar-refractivity contribution is 7.89. The number of hydrogen-bond acceptors (Lipinski definition) is 6. The number of sulfonamides is 2. The lowest BCUT2D eigenvalue weighted by atomic mass is 9.92. The topological polar surface area (TPSA) is 113 Å². The SMILES string of the molecule is O=C(NCCS(=O)(=O)N1CCOCC1)C1CCN(S(=O)(=O)c2ccc3c(c2)CCCC3)CC1. The van der Waals surface area contributed by atoms with E-state index < -0.39 is 20.0 Å². The Bertz CT molecular complexity index is 1060. The number of fused-ring (bicyclic) bond motifs is 1. The van der Waals surface area contributed by atoms with Gasteiger partial charge in [0.25, 0.3) is 0 Å². The van der Waals surface area contributed by atoms with Crippen molar-refractivity contribution in [2.45, 2.75) is 43.4 Å². The Morgan fingerprint density at radius 1 is 0.939 bits per heavy atom. The van der Waals surface area contributed by atoms with Gasteiger partial charge in [0.15, 0.2) is 0 Å². The number of ether oxygens (including phenoxy) is 1. The molecule has 0 saturated carbocycles. The molecule has 3 aliphatic rings. The van der Waals surface area contributed by atoms with E-state index >= 15 is 0 Å². The molecule has 0 atom stereocenters. The number of hydrogen-bond donors (Lipinski definition) is 1. The Kier molecular flexibility index (Phi) is 7.74. The Hall–Kier alpha value is -1.53. The molecule has 184 valence electrons. The van der Waals surface area contributed by atoms with Crippen molar-refractivity contribution in [3.8, 4) is 0 Å². The normalized spacial score (nSPS) is 21.5. The Balaban J connectivity index is 1.27. The van der Waals surface area contributed by atoms with Gasteiger partial charge in [-0.25, -0.2) is 16.8 Å². The highest BCUT2D eigenvalue weighted by Gasteiger charge is 2.33. The molecule has 1 amide bonds. The number of rotatable bonds is 7. The lowest BCUT2D eigenvalue weighted by Crippen LogP contribution is -2.46. The summed E-state index contributed by atoms with van der Waals surface area (Å²) in [5.41, 5.74) is 2.37. The van der Waals surface area contributed by atoms with Gasteiger partial charge in [0.1, 0.15) is 0 Å². The number of carbonyl (C=O) groups excluding carboxylic acids is 1. The molecule has 1 N–H and O–H groups in total. The standard InChI is InChI=1S/C22H33N3O6S2/c26-22(23-9-16-32(27,28)24-12-14-31-15-13-24)19-7-10-25(11-8-19)33(29,30)21-6-5-18-3-1-2-4-20(18)17-21/h5-6,17,19H,1-4,7-16H2,(H,23,26). The third-order valence-corrected chi connectivity index (χ3v) is 10.6. The number of nitrogens with zero attached hydrogens (tertiary/aromatic N) is 2. The fourth-order valence-electron chi connectivity index (χ4n) is 4.78. The molecule has 33 heavy (non-hydrogen) atoms. The minimum Gasteiger partial charge on any atom is -0.379 e. The van der Waals surface area contributed by atoms with E-state index in [1.54, 1.807) is 6.07 Å². The second-order valence-electron chi connectivity index (χ2n) is 8.93. The van der Waals surface area contributed by atoms with Crippen LogP contribution in [0.4, 0.5) is 0 Å². The van der Waals surface area contributed by atoms with Gasteiger partial charge in [0.2, 0.25) is 26.0 Å². The quantitative estimate of drug-likeness (QED) is 0.592. The first-order valence-corrected chi connectivity index (χ1v) is 14.8. The van der Waals surface area contributed by atoms with Crippen LogP contribution in [0.3, 0.4) is 0 Å². The minimum absolute atomic E-state index is 0.0478. The molecule has 11 heteroatoms. The van der Waals surface area contributed by atoms with Crippen molar-refractivity contribution in [1.82, 2.24) is 13.9 Å². The van der Waals surface area contributed by atoms with Crippen LogP contribution < -0.4 is 5.32 Å². The molecule has 0 aromatic heterocycles. The Morgan fingerprint density at radius 3 is 2.30 bits per heavy atom. The van der Waals surface area contributed by atoms with Crippen LogP contribution in [0.2, 0.25) is 0 Å². The van der Waals surface area contributed by atoms with Crippen LogP contribution in [-0.4, -0.2) is 83.0 Å². The van der Waals surface area contributed by atoms with E-state index in [-0.39, 0.29) is 37.2 Å². The smallest absolute Gasteiger partial charge is 0.243 e. The number of nitrogens with one attached hydrogen (secondary N) is 1. The molecular formula is C22H33N3O6S2. The number of benzene rings is 1. The van der Waals surface area contributed by atoms with E-state index in [0.29, 0.717) is 44.0 Å². The van der Waals surface area contributed by atoms with Gasteiger partial charge in [-0.3, -0.25) is 4.79 Å². The summed E-state index contributed by atoms with van der Waals surface area (Å²) < 4.78 is 59.0. The molecule has 0 bridgehead atoms. The van der Waals surface area contributed by atoms with Crippen LogP contribution >= 0.6 is 0 Å². The van der Waals surface area contributed by atoms with Crippen molar-refractivity contribution < 1.29 is 26.4 Å². The van der Waals surface area contributed by atoms with Crippen molar-refractivity contribution in [2.75, 3.05) is 51.7 Å². The van der Waals surface area contributed by atoms with Crippen LogP contribution in [0.25, 0.3) is 0 Å². The third kappa shape index (κ3) is 5.76. The second-order valence-corrected chi connectivity index (χ2v) is 13.0. The number of morpholine rings is 1. The molecule has 0 radical (unpaired) electrons. The van der Waals surface area contributed by atoms with Crippen LogP contribution in [0.1, 0.15) is 36.8 Å². The first kappa shape index (κ1) is 24.6. The Morgan fingerprint density at radius 2 is 1.61 bits per heavy atom. The highest BCUT2D eigenvalue weighted by atomic mass is 32.2. The predicted molar refractivity (Wildman–Crippen MR) is 124 cm³/mol. The van der Waals surface area contributed by atoms with Gasteiger partial charge in [-0.05, 0) is 61.8 Å². The second kappa shape index (κ2) is 10.4. The maximum atomic E-state index is 13.1. The van der Waals surface area contributed by atoms with Crippen LogP contribution in [0.15, 0.2) is 23.1 Å². The van der Waals surface area contributed by atoms with E-state index in [1.165, 1.54) is 14.2 Å². The summed E-state index contributed by atoms with van der Waals surface area (Å²) in [6.07, 6.45) is 5.00. The van der Waals surface area contributed by atoms with Gasteiger partial charge in [0, 0.05) is 38.6 Å². The molecule has 1 aliphatic carbocycles. The molecule has 2 fully saturated rings. The molecule has 4 rings (SSSR count). The van der Waals surface area contributed by atoms with Crippen molar-refractivity contribution in [1.29, 1.82) is 0 Å². The van der Waals surface area contributed by atoms with Crippen molar-refractivity contribution in [3.05, 3.63) is 29.3 Å². The molecule has 1 aromatic carbocycles. The van der Waals surface area contributed by atoms with Gasteiger partial charge in [-0.1, -0.05) is 6.07 Å². The van der Waals surface area contributed by atoms with Gasteiger partial charge in [0.05, 0.1) is 23.9 Å². The van der Waals surface area contributed by atoms with E-state index in [2.05, 4.69) is 5.32 Å². The highest BCUT2D eigenvalue weighted by Crippen LogP contribution is 2.28. The minimum atomic E-state index is -3.59. The molecule has 0 unspecified atom stereocenters. The van der Waals surface area contributed by atoms with Crippen molar-refractivity contribution in [2.24, 2.45) is 5.92 Å². The summed E-state index contributed by atoms with van der Waals surface area (Å²) in [5, 5.41) is 2.72. The summed E-state index contributed by atoms with van der Waals surface area (Å²) in [4.78, 5) is 12.9. The maximum absolute atomic E-state index is 13.1. The average Bonchev–Trinajstić information content (AvgIpc) is 2.84.